The summed E-state index contributed by atoms with van der Waals surface area (Å²) in [5, 5.41) is 0. The summed E-state index contributed by atoms with van der Waals surface area (Å²) in [5.74, 6) is 2.03. The third-order valence-corrected chi connectivity index (χ3v) is 3.91. The Kier molecular flexibility index (Phi) is 3.78. The average molecular weight is 275 g/mol. The molecular weight excluding hydrogens is 254 g/mol. The molecule has 1 aromatic rings. The molecule has 1 saturated heterocycles. The van der Waals surface area contributed by atoms with Gasteiger partial charge in [0.25, 0.3) is 0 Å². The minimum absolute atomic E-state index is 0.310. The standard InChI is InChI=1S/C15H21N3O2/c1-19-12-4-2-3-11(9-12)13-10-14(13)17-15(16)18-5-7-20-8-6-18/h2-4,9,13-14H,5-8,10H2,1H3,(H2,16,17)/t13-,14+/m0/s1. The Morgan fingerprint density at radius 1 is 1.40 bits per heavy atom. The van der Waals surface area contributed by atoms with Crippen LogP contribution >= 0.6 is 0 Å². The van der Waals surface area contributed by atoms with Crippen molar-refractivity contribution in [1.82, 2.24) is 4.90 Å². The van der Waals surface area contributed by atoms with Gasteiger partial charge < -0.3 is 20.1 Å². The lowest BCUT2D eigenvalue weighted by Gasteiger charge is -2.27. The molecule has 0 aromatic heterocycles. The van der Waals surface area contributed by atoms with Gasteiger partial charge in [-0.05, 0) is 24.1 Å². The number of guanidine groups is 1. The molecule has 0 spiro atoms. The van der Waals surface area contributed by atoms with E-state index in [1.807, 2.05) is 12.1 Å². The van der Waals surface area contributed by atoms with Crippen molar-refractivity contribution in [3.63, 3.8) is 0 Å². The van der Waals surface area contributed by atoms with Crippen molar-refractivity contribution in [3.05, 3.63) is 29.8 Å². The summed E-state index contributed by atoms with van der Waals surface area (Å²) in [6.07, 6.45) is 1.07. The number of nitrogens with two attached hydrogens (primary N) is 1. The van der Waals surface area contributed by atoms with Gasteiger partial charge in [0.2, 0.25) is 0 Å². The number of methoxy groups -OCH3 is 1. The Hall–Kier alpha value is -1.75. The topological polar surface area (TPSA) is 60.1 Å². The zero-order chi connectivity index (χ0) is 13.9. The van der Waals surface area contributed by atoms with Crippen LogP contribution in [0.3, 0.4) is 0 Å². The van der Waals surface area contributed by atoms with Crippen molar-refractivity contribution in [2.75, 3.05) is 33.4 Å². The van der Waals surface area contributed by atoms with Gasteiger partial charge in [-0.15, -0.1) is 0 Å². The molecule has 2 N–H and O–H groups in total. The van der Waals surface area contributed by atoms with E-state index in [1.165, 1.54) is 5.56 Å². The smallest absolute Gasteiger partial charge is 0.191 e. The highest BCUT2D eigenvalue weighted by Crippen LogP contribution is 2.44. The molecule has 2 fully saturated rings. The van der Waals surface area contributed by atoms with Gasteiger partial charge in [-0.25, -0.2) is 4.99 Å². The van der Waals surface area contributed by atoms with Crippen molar-refractivity contribution in [2.24, 2.45) is 10.7 Å². The maximum Gasteiger partial charge on any atom is 0.191 e. The molecule has 20 heavy (non-hydrogen) atoms. The number of nitrogens with zero attached hydrogens (tertiary/aromatic N) is 2. The van der Waals surface area contributed by atoms with Crippen LogP contribution < -0.4 is 10.5 Å². The monoisotopic (exact) mass is 275 g/mol. The van der Waals surface area contributed by atoms with Gasteiger partial charge >= 0.3 is 0 Å². The minimum atomic E-state index is 0.310. The Labute approximate surface area is 119 Å². The maximum atomic E-state index is 6.08. The van der Waals surface area contributed by atoms with Crippen molar-refractivity contribution in [2.45, 2.75) is 18.4 Å². The molecule has 1 aliphatic carbocycles. The lowest BCUT2D eigenvalue weighted by molar-refractivity contribution is 0.0674. The number of rotatable bonds is 3. The van der Waals surface area contributed by atoms with Crippen LogP contribution in [0.25, 0.3) is 0 Å². The van der Waals surface area contributed by atoms with Crippen LogP contribution in [0.2, 0.25) is 0 Å². The molecular formula is C15H21N3O2. The molecule has 5 heteroatoms. The first kappa shape index (κ1) is 13.2. The van der Waals surface area contributed by atoms with E-state index in [1.54, 1.807) is 7.11 Å². The Morgan fingerprint density at radius 2 is 2.20 bits per heavy atom. The van der Waals surface area contributed by atoms with Gasteiger partial charge in [-0.2, -0.15) is 0 Å². The summed E-state index contributed by atoms with van der Waals surface area (Å²) in [5.41, 5.74) is 7.37. The van der Waals surface area contributed by atoms with E-state index in [0.29, 0.717) is 17.9 Å². The van der Waals surface area contributed by atoms with E-state index in [-0.39, 0.29) is 0 Å². The van der Waals surface area contributed by atoms with Gasteiger partial charge in [-0.3, -0.25) is 0 Å². The van der Waals surface area contributed by atoms with Gasteiger partial charge in [0.05, 0.1) is 26.4 Å². The SMILES string of the molecule is COc1cccc([C@@H]2C[C@H]2N=C(N)N2CCOCC2)c1. The van der Waals surface area contributed by atoms with Crippen LogP contribution in [0.5, 0.6) is 5.75 Å². The number of ether oxygens (including phenoxy) is 2. The average Bonchev–Trinajstić information content (AvgIpc) is 3.27. The highest BCUT2D eigenvalue weighted by molar-refractivity contribution is 5.78. The number of morpholine rings is 1. The van der Waals surface area contributed by atoms with E-state index < -0.39 is 0 Å². The van der Waals surface area contributed by atoms with E-state index in [2.05, 4.69) is 22.0 Å². The molecule has 108 valence electrons. The summed E-state index contributed by atoms with van der Waals surface area (Å²) in [7, 11) is 1.69. The fourth-order valence-corrected chi connectivity index (χ4v) is 2.60. The highest BCUT2D eigenvalue weighted by atomic mass is 16.5. The van der Waals surface area contributed by atoms with Gasteiger partial charge in [0.1, 0.15) is 5.75 Å². The maximum absolute atomic E-state index is 6.08. The second-order valence-electron chi connectivity index (χ2n) is 5.27. The lowest BCUT2D eigenvalue weighted by Crippen LogP contribution is -2.45. The largest absolute Gasteiger partial charge is 0.497 e. The summed E-state index contributed by atoms with van der Waals surface area (Å²) in [6, 6.07) is 8.52. The third kappa shape index (κ3) is 2.88. The molecule has 5 nitrogen and oxygen atoms in total. The fourth-order valence-electron chi connectivity index (χ4n) is 2.60. The zero-order valence-electron chi connectivity index (χ0n) is 11.8. The quantitative estimate of drug-likeness (QED) is 0.665. The van der Waals surface area contributed by atoms with Crippen LogP contribution in [-0.4, -0.2) is 50.3 Å². The molecule has 2 aliphatic rings. The van der Waals surface area contributed by atoms with Crippen molar-refractivity contribution < 1.29 is 9.47 Å². The molecule has 0 radical (unpaired) electrons. The highest BCUT2D eigenvalue weighted by Gasteiger charge is 2.39. The number of hydrogen-bond acceptors (Lipinski definition) is 3. The van der Waals surface area contributed by atoms with Crippen molar-refractivity contribution >= 4 is 5.96 Å². The predicted molar refractivity (Wildman–Crippen MR) is 78.2 cm³/mol. The fraction of sp³-hybridized carbons (Fsp3) is 0.533. The number of hydrogen-bond donors (Lipinski definition) is 1. The van der Waals surface area contributed by atoms with Gasteiger partial charge in [0.15, 0.2) is 5.96 Å². The molecule has 0 amide bonds. The summed E-state index contributed by atoms with van der Waals surface area (Å²) in [4.78, 5) is 6.75. The van der Waals surface area contributed by atoms with E-state index in [4.69, 9.17) is 15.2 Å². The van der Waals surface area contributed by atoms with Crippen LogP contribution in [0.1, 0.15) is 17.9 Å². The predicted octanol–water partition coefficient (Wildman–Crippen LogP) is 1.20. The molecule has 3 rings (SSSR count). The lowest BCUT2D eigenvalue weighted by atomic mass is 10.1. The summed E-state index contributed by atoms with van der Waals surface area (Å²) >= 11 is 0. The Balaban J connectivity index is 1.63. The van der Waals surface area contributed by atoms with Crippen molar-refractivity contribution in [1.29, 1.82) is 0 Å². The first-order valence-corrected chi connectivity index (χ1v) is 7.08. The summed E-state index contributed by atoms with van der Waals surface area (Å²) < 4.78 is 10.6. The molecule has 0 bridgehead atoms. The van der Waals surface area contributed by atoms with Gasteiger partial charge in [0, 0.05) is 19.0 Å². The van der Waals surface area contributed by atoms with E-state index in [0.717, 1.165) is 38.5 Å². The Morgan fingerprint density at radius 3 is 2.95 bits per heavy atom. The van der Waals surface area contributed by atoms with E-state index >= 15 is 0 Å². The molecule has 1 saturated carbocycles. The molecule has 1 heterocycles. The summed E-state index contributed by atoms with van der Waals surface area (Å²) in [6.45, 7) is 3.15. The number of aliphatic imine (C=N–C) groups is 1. The first-order valence-electron chi connectivity index (χ1n) is 7.08. The van der Waals surface area contributed by atoms with Crippen LogP contribution in [0.4, 0.5) is 0 Å². The van der Waals surface area contributed by atoms with Crippen LogP contribution in [-0.2, 0) is 4.74 Å². The minimum Gasteiger partial charge on any atom is -0.497 e. The molecule has 1 aromatic carbocycles. The molecule has 1 aliphatic heterocycles. The normalized spacial score (nSPS) is 26.4. The van der Waals surface area contributed by atoms with E-state index in [9.17, 15) is 0 Å². The molecule has 0 unspecified atom stereocenters. The second-order valence-corrected chi connectivity index (χ2v) is 5.27. The Bertz CT molecular complexity index is 498. The van der Waals surface area contributed by atoms with Crippen molar-refractivity contribution in [3.8, 4) is 5.75 Å². The van der Waals surface area contributed by atoms with Gasteiger partial charge in [-0.1, -0.05) is 12.1 Å². The van der Waals surface area contributed by atoms with Crippen LogP contribution in [0, 0.1) is 0 Å². The first-order chi connectivity index (χ1) is 9.78. The van der Waals surface area contributed by atoms with Crippen LogP contribution in [0.15, 0.2) is 29.3 Å². The third-order valence-electron chi connectivity index (χ3n) is 3.91. The number of benzene rings is 1. The molecule has 2 atom stereocenters. The zero-order valence-corrected chi connectivity index (χ0v) is 11.8. The second kappa shape index (κ2) is 5.71.